The monoisotopic (exact) mass is 235 g/mol. The number of ether oxygens (including phenoxy) is 1. The van der Waals surface area contributed by atoms with Crippen LogP contribution in [0.3, 0.4) is 0 Å². The van der Waals surface area contributed by atoms with Crippen LogP contribution in [0.15, 0.2) is 12.5 Å². The van der Waals surface area contributed by atoms with Crippen molar-refractivity contribution in [2.75, 3.05) is 13.2 Å². The molecule has 1 aromatic heterocycles. The van der Waals surface area contributed by atoms with E-state index in [2.05, 4.69) is 21.8 Å². The molecule has 4 heteroatoms. The van der Waals surface area contributed by atoms with Crippen molar-refractivity contribution >= 4 is 0 Å². The lowest BCUT2D eigenvalue weighted by molar-refractivity contribution is 0.0719. The van der Waals surface area contributed by atoms with Gasteiger partial charge in [-0.15, -0.1) is 0 Å². The molecule has 2 saturated heterocycles. The van der Waals surface area contributed by atoms with Crippen LogP contribution in [0, 0.1) is 0 Å². The first-order valence-corrected chi connectivity index (χ1v) is 6.73. The van der Waals surface area contributed by atoms with Crippen LogP contribution in [0.4, 0.5) is 0 Å². The zero-order valence-electron chi connectivity index (χ0n) is 10.4. The first-order chi connectivity index (χ1) is 8.36. The van der Waals surface area contributed by atoms with Gasteiger partial charge in [0.05, 0.1) is 24.2 Å². The molecule has 3 unspecified atom stereocenters. The summed E-state index contributed by atoms with van der Waals surface area (Å²) in [4.78, 5) is 4.33. The molecular weight excluding hydrogens is 214 g/mol. The van der Waals surface area contributed by atoms with Gasteiger partial charge in [-0.25, -0.2) is 4.98 Å². The van der Waals surface area contributed by atoms with Crippen molar-refractivity contribution in [2.45, 2.75) is 50.8 Å². The van der Waals surface area contributed by atoms with Crippen LogP contribution in [0.1, 0.15) is 50.4 Å². The van der Waals surface area contributed by atoms with E-state index < -0.39 is 0 Å². The second-order valence-corrected chi connectivity index (χ2v) is 5.17. The molecule has 0 aromatic carbocycles. The Labute approximate surface area is 102 Å². The molecule has 0 amide bonds. The standard InChI is InChI=1S/C13H21N3O/c1-10(13-5-3-7-17-13)16-9-14-8-12(16)11-4-2-6-15-11/h8-11,13,15H,2-7H2,1H3. The van der Waals surface area contributed by atoms with Gasteiger partial charge < -0.3 is 14.6 Å². The van der Waals surface area contributed by atoms with Gasteiger partial charge in [0.25, 0.3) is 0 Å². The van der Waals surface area contributed by atoms with Crippen molar-refractivity contribution in [1.29, 1.82) is 0 Å². The molecular formula is C13H21N3O. The summed E-state index contributed by atoms with van der Waals surface area (Å²) in [6, 6.07) is 0.888. The van der Waals surface area contributed by atoms with Gasteiger partial charge in [-0.05, 0) is 39.2 Å². The summed E-state index contributed by atoms with van der Waals surface area (Å²) in [5, 5.41) is 3.54. The molecule has 2 fully saturated rings. The highest BCUT2D eigenvalue weighted by molar-refractivity contribution is 5.09. The van der Waals surface area contributed by atoms with Gasteiger partial charge >= 0.3 is 0 Å². The van der Waals surface area contributed by atoms with Crippen LogP contribution in [-0.2, 0) is 4.74 Å². The fourth-order valence-corrected chi connectivity index (χ4v) is 3.02. The molecule has 0 spiro atoms. The highest BCUT2D eigenvalue weighted by Crippen LogP contribution is 2.29. The largest absolute Gasteiger partial charge is 0.376 e. The lowest BCUT2D eigenvalue weighted by Gasteiger charge is -2.24. The van der Waals surface area contributed by atoms with Gasteiger partial charge in [0.15, 0.2) is 0 Å². The molecule has 3 atom stereocenters. The quantitative estimate of drug-likeness (QED) is 0.871. The second-order valence-electron chi connectivity index (χ2n) is 5.17. The highest BCUT2D eigenvalue weighted by atomic mass is 16.5. The highest BCUT2D eigenvalue weighted by Gasteiger charge is 2.27. The number of aromatic nitrogens is 2. The molecule has 2 aliphatic heterocycles. The smallest absolute Gasteiger partial charge is 0.0952 e. The lowest BCUT2D eigenvalue weighted by Crippen LogP contribution is -2.25. The Bertz CT molecular complexity index is 364. The van der Waals surface area contributed by atoms with Crippen molar-refractivity contribution in [3.63, 3.8) is 0 Å². The number of nitrogens with zero attached hydrogens (tertiary/aromatic N) is 2. The maximum atomic E-state index is 5.79. The van der Waals surface area contributed by atoms with Crippen molar-refractivity contribution < 1.29 is 4.74 Å². The minimum absolute atomic E-state index is 0.365. The third kappa shape index (κ3) is 2.11. The molecule has 17 heavy (non-hydrogen) atoms. The van der Waals surface area contributed by atoms with Gasteiger partial charge in [-0.2, -0.15) is 0 Å². The molecule has 0 aliphatic carbocycles. The molecule has 3 heterocycles. The minimum atomic E-state index is 0.365. The zero-order chi connectivity index (χ0) is 11.7. The molecule has 1 aromatic rings. The van der Waals surface area contributed by atoms with E-state index >= 15 is 0 Å². The van der Waals surface area contributed by atoms with E-state index in [4.69, 9.17) is 4.74 Å². The van der Waals surface area contributed by atoms with Crippen LogP contribution in [0.5, 0.6) is 0 Å². The molecule has 2 aliphatic rings. The summed E-state index contributed by atoms with van der Waals surface area (Å²) in [5.74, 6) is 0. The van der Waals surface area contributed by atoms with E-state index in [1.807, 2.05) is 12.5 Å². The molecule has 0 bridgehead atoms. The Morgan fingerprint density at radius 1 is 1.47 bits per heavy atom. The summed E-state index contributed by atoms with van der Waals surface area (Å²) in [7, 11) is 0. The summed E-state index contributed by atoms with van der Waals surface area (Å²) in [5.41, 5.74) is 1.32. The Morgan fingerprint density at radius 3 is 3.12 bits per heavy atom. The summed E-state index contributed by atoms with van der Waals surface area (Å²) < 4.78 is 8.09. The topological polar surface area (TPSA) is 39.1 Å². The molecule has 0 radical (unpaired) electrons. The third-order valence-corrected chi connectivity index (χ3v) is 4.06. The van der Waals surface area contributed by atoms with E-state index in [0.717, 1.165) is 13.2 Å². The maximum absolute atomic E-state index is 5.79. The predicted molar refractivity (Wildman–Crippen MR) is 65.9 cm³/mol. The number of imidazole rings is 1. The van der Waals surface area contributed by atoms with Crippen molar-refractivity contribution in [3.8, 4) is 0 Å². The number of hydrogen-bond donors (Lipinski definition) is 1. The Morgan fingerprint density at radius 2 is 2.41 bits per heavy atom. The predicted octanol–water partition coefficient (Wildman–Crippen LogP) is 2.05. The lowest BCUT2D eigenvalue weighted by atomic mass is 10.1. The summed E-state index contributed by atoms with van der Waals surface area (Å²) in [6.45, 7) is 4.29. The van der Waals surface area contributed by atoms with Gasteiger partial charge in [-0.1, -0.05) is 0 Å². The van der Waals surface area contributed by atoms with Crippen molar-refractivity contribution in [1.82, 2.24) is 14.9 Å². The van der Waals surface area contributed by atoms with E-state index in [0.29, 0.717) is 18.2 Å². The van der Waals surface area contributed by atoms with E-state index in [9.17, 15) is 0 Å². The second kappa shape index (κ2) is 4.78. The van der Waals surface area contributed by atoms with Crippen molar-refractivity contribution in [3.05, 3.63) is 18.2 Å². The van der Waals surface area contributed by atoms with Crippen molar-refractivity contribution in [2.24, 2.45) is 0 Å². The van der Waals surface area contributed by atoms with Gasteiger partial charge in [-0.3, -0.25) is 0 Å². The number of hydrogen-bond acceptors (Lipinski definition) is 3. The molecule has 94 valence electrons. The Balaban J connectivity index is 1.79. The molecule has 0 saturated carbocycles. The van der Waals surface area contributed by atoms with Gasteiger partial charge in [0.2, 0.25) is 0 Å². The van der Waals surface area contributed by atoms with E-state index in [-0.39, 0.29) is 0 Å². The molecule has 1 N–H and O–H groups in total. The van der Waals surface area contributed by atoms with Crippen LogP contribution in [0.25, 0.3) is 0 Å². The number of rotatable bonds is 3. The number of nitrogens with one attached hydrogen (secondary N) is 1. The van der Waals surface area contributed by atoms with Crippen LogP contribution >= 0.6 is 0 Å². The Hall–Kier alpha value is -0.870. The fourth-order valence-electron chi connectivity index (χ4n) is 3.02. The molecule has 3 rings (SSSR count). The van der Waals surface area contributed by atoms with E-state index in [1.54, 1.807) is 0 Å². The fraction of sp³-hybridized carbons (Fsp3) is 0.769. The SMILES string of the molecule is CC(C1CCCO1)n1cncc1C1CCCN1. The Kier molecular flexibility index (Phi) is 3.16. The average Bonchev–Trinajstić information content (AvgIpc) is 3.09. The summed E-state index contributed by atoms with van der Waals surface area (Å²) >= 11 is 0. The van der Waals surface area contributed by atoms with Gasteiger partial charge in [0.1, 0.15) is 0 Å². The van der Waals surface area contributed by atoms with Crippen LogP contribution in [-0.4, -0.2) is 28.8 Å². The minimum Gasteiger partial charge on any atom is -0.376 e. The first-order valence-electron chi connectivity index (χ1n) is 6.73. The third-order valence-electron chi connectivity index (χ3n) is 4.06. The van der Waals surface area contributed by atoms with E-state index in [1.165, 1.54) is 31.4 Å². The first kappa shape index (κ1) is 11.2. The zero-order valence-corrected chi connectivity index (χ0v) is 10.4. The van der Waals surface area contributed by atoms with Gasteiger partial charge in [0, 0.05) is 18.8 Å². The maximum Gasteiger partial charge on any atom is 0.0952 e. The normalized spacial score (nSPS) is 30.9. The van der Waals surface area contributed by atoms with Crippen LogP contribution < -0.4 is 5.32 Å². The van der Waals surface area contributed by atoms with Crippen LogP contribution in [0.2, 0.25) is 0 Å². The average molecular weight is 235 g/mol. The summed E-state index contributed by atoms with van der Waals surface area (Å²) in [6.07, 6.45) is 9.20. The molecule has 4 nitrogen and oxygen atoms in total.